The number of carbonyl (C=O) groups excluding carboxylic acids is 1. The van der Waals surface area contributed by atoms with Crippen LogP contribution < -0.4 is 10.6 Å². The molecule has 0 radical (unpaired) electrons. The summed E-state index contributed by atoms with van der Waals surface area (Å²) < 4.78 is 1.63. The molecule has 1 aromatic heterocycles. The molecule has 0 saturated carbocycles. The molecule has 2 amide bonds. The molecule has 0 aliphatic rings. The first-order valence-electron chi connectivity index (χ1n) is 6.65. The van der Waals surface area contributed by atoms with Gasteiger partial charge in [-0.1, -0.05) is 13.3 Å². The van der Waals surface area contributed by atoms with Gasteiger partial charge in [-0.15, -0.1) is 0 Å². The Kier molecular flexibility index (Phi) is 5.54. The molecule has 0 bridgehead atoms. The fourth-order valence-electron chi connectivity index (χ4n) is 1.93. The number of amides is 2. The number of carbonyl (C=O) groups is 2. The van der Waals surface area contributed by atoms with Crippen LogP contribution in [0, 0.1) is 0 Å². The van der Waals surface area contributed by atoms with E-state index in [4.69, 9.17) is 5.11 Å². The van der Waals surface area contributed by atoms with Gasteiger partial charge in [-0.05, 0) is 20.3 Å². The Balaban J connectivity index is 2.33. The number of aromatic carboxylic acids is 1. The molecule has 1 heterocycles. The Morgan fingerprint density at radius 1 is 1.45 bits per heavy atom. The van der Waals surface area contributed by atoms with Crippen molar-refractivity contribution in [3.63, 3.8) is 0 Å². The van der Waals surface area contributed by atoms with Gasteiger partial charge in [0.1, 0.15) is 0 Å². The second-order valence-corrected chi connectivity index (χ2v) is 5.32. The van der Waals surface area contributed by atoms with Gasteiger partial charge in [-0.25, -0.2) is 14.6 Å². The molecule has 0 unspecified atom stereocenters. The molecule has 0 aliphatic heterocycles. The molecule has 0 fully saturated rings. The number of nitrogens with zero attached hydrogens (tertiary/aromatic N) is 2. The van der Waals surface area contributed by atoms with Crippen LogP contribution in [0.5, 0.6) is 0 Å². The molecular formula is C13H22N4O3. The summed E-state index contributed by atoms with van der Waals surface area (Å²) in [7, 11) is 0. The van der Waals surface area contributed by atoms with Crippen molar-refractivity contribution in [2.24, 2.45) is 0 Å². The van der Waals surface area contributed by atoms with Crippen LogP contribution in [0.15, 0.2) is 12.5 Å². The van der Waals surface area contributed by atoms with Crippen LogP contribution in [0.25, 0.3) is 0 Å². The third kappa shape index (κ3) is 5.29. The van der Waals surface area contributed by atoms with E-state index < -0.39 is 5.97 Å². The molecule has 20 heavy (non-hydrogen) atoms. The van der Waals surface area contributed by atoms with Gasteiger partial charge in [-0.3, -0.25) is 0 Å². The molecule has 0 spiro atoms. The van der Waals surface area contributed by atoms with E-state index in [0.29, 0.717) is 13.1 Å². The Morgan fingerprint density at radius 3 is 2.70 bits per heavy atom. The second-order valence-electron chi connectivity index (χ2n) is 5.32. The molecule has 0 aromatic carbocycles. The van der Waals surface area contributed by atoms with Gasteiger partial charge in [0.2, 0.25) is 0 Å². The van der Waals surface area contributed by atoms with Crippen molar-refractivity contribution in [1.82, 2.24) is 20.2 Å². The zero-order chi connectivity index (χ0) is 15.2. The molecule has 1 aromatic rings. The number of aromatic nitrogens is 2. The first-order valence-corrected chi connectivity index (χ1v) is 6.65. The van der Waals surface area contributed by atoms with Gasteiger partial charge in [0.25, 0.3) is 0 Å². The highest BCUT2D eigenvalue weighted by Crippen LogP contribution is 2.09. The average Bonchev–Trinajstić information content (AvgIpc) is 2.76. The maximum Gasteiger partial charge on any atom is 0.356 e. The largest absolute Gasteiger partial charge is 0.476 e. The average molecular weight is 282 g/mol. The SMILES string of the molecule is CCCC(C)(C)NC(=O)NCCn1cnc(C(=O)O)c1. The summed E-state index contributed by atoms with van der Waals surface area (Å²) in [6, 6.07) is -0.220. The van der Waals surface area contributed by atoms with E-state index in [9.17, 15) is 9.59 Å². The molecule has 7 heteroatoms. The standard InChI is InChI=1S/C13H22N4O3/c1-4-5-13(2,3)16-12(20)14-6-7-17-8-10(11(18)19)15-9-17/h8-9H,4-7H2,1-3H3,(H,18,19)(H2,14,16,20). The van der Waals surface area contributed by atoms with E-state index in [1.54, 1.807) is 4.57 Å². The van der Waals surface area contributed by atoms with Crippen molar-refractivity contribution in [3.05, 3.63) is 18.2 Å². The Morgan fingerprint density at radius 2 is 2.15 bits per heavy atom. The van der Waals surface area contributed by atoms with E-state index in [1.807, 2.05) is 13.8 Å². The van der Waals surface area contributed by atoms with E-state index in [-0.39, 0.29) is 17.3 Å². The lowest BCUT2D eigenvalue weighted by atomic mass is 9.99. The van der Waals surface area contributed by atoms with Gasteiger partial charge in [0.05, 0.1) is 6.33 Å². The monoisotopic (exact) mass is 282 g/mol. The zero-order valence-electron chi connectivity index (χ0n) is 12.1. The molecule has 0 saturated heterocycles. The summed E-state index contributed by atoms with van der Waals surface area (Å²) in [6.07, 6.45) is 4.77. The van der Waals surface area contributed by atoms with E-state index in [0.717, 1.165) is 12.8 Å². The molecule has 3 N–H and O–H groups in total. The van der Waals surface area contributed by atoms with Crippen LogP contribution in [-0.4, -0.2) is 38.7 Å². The van der Waals surface area contributed by atoms with Crippen LogP contribution in [0.2, 0.25) is 0 Å². The summed E-state index contributed by atoms with van der Waals surface area (Å²) >= 11 is 0. The predicted octanol–water partition coefficient (Wildman–Crippen LogP) is 1.46. The van der Waals surface area contributed by atoms with Crippen molar-refractivity contribution in [3.8, 4) is 0 Å². The van der Waals surface area contributed by atoms with Gasteiger partial charge in [0, 0.05) is 24.8 Å². The van der Waals surface area contributed by atoms with Crippen molar-refractivity contribution >= 4 is 12.0 Å². The molecule has 112 valence electrons. The highest BCUT2D eigenvalue weighted by atomic mass is 16.4. The molecule has 1 rings (SSSR count). The minimum Gasteiger partial charge on any atom is -0.476 e. The van der Waals surface area contributed by atoms with Gasteiger partial charge >= 0.3 is 12.0 Å². The zero-order valence-corrected chi connectivity index (χ0v) is 12.1. The molecule has 0 atom stereocenters. The minimum absolute atomic E-state index is 0.00136. The van der Waals surface area contributed by atoms with E-state index >= 15 is 0 Å². The highest BCUT2D eigenvalue weighted by Gasteiger charge is 2.18. The van der Waals surface area contributed by atoms with Gasteiger partial charge in [0.15, 0.2) is 5.69 Å². The van der Waals surface area contributed by atoms with Crippen LogP contribution >= 0.6 is 0 Å². The minimum atomic E-state index is -1.06. The smallest absolute Gasteiger partial charge is 0.356 e. The lowest BCUT2D eigenvalue weighted by Gasteiger charge is -2.25. The predicted molar refractivity (Wildman–Crippen MR) is 74.7 cm³/mol. The third-order valence-electron chi connectivity index (χ3n) is 2.83. The fraction of sp³-hybridized carbons (Fsp3) is 0.615. The van der Waals surface area contributed by atoms with E-state index in [2.05, 4.69) is 22.5 Å². The third-order valence-corrected chi connectivity index (χ3v) is 2.83. The second kappa shape index (κ2) is 6.93. The summed E-state index contributed by atoms with van der Waals surface area (Å²) in [5.41, 5.74) is -0.233. The molecule has 7 nitrogen and oxygen atoms in total. The molecule has 0 aliphatic carbocycles. The number of carboxylic acids is 1. The van der Waals surface area contributed by atoms with Crippen molar-refractivity contribution in [2.75, 3.05) is 6.54 Å². The first kappa shape index (κ1) is 16.0. The number of hydrogen-bond acceptors (Lipinski definition) is 3. The van der Waals surface area contributed by atoms with Crippen LogP contribution in [0.4, 0.5) is 4.79 Å². The number of imidazole rings is 1. The number of urea groups is 1. The fourth-order valence-corrected chi connectivity index (χ4v) is 1.93. The van der Waals surface area contributed by atoms with Gasteiger partial charge in [-0.2, -0.15) is 0 Å². The highest BCUT2D eigenvalue weighted by molar-refractivity contribution is 5.84. The van der Waals surface area contributed by atoms with Gasteiger partial charge < -0.3 is 20.3 Å². The lowest BCUT2D eigenvalue weighted by Crippen LogP contribution is -2.48. The number of hydrogen-bond donors (Lipinski definition) is 3. The summed E-state index contributed by atoms with van der Waals surface area (Å²) in [5, 5.41) is 14.4. The Hall–Kier alpha value is -2.05. The van der Waals surface area contributed by atoms with Crippen LogP contribution in [0.1, 0.15) is 44.1 Å². The Labute approximate surface area is 118 Å². The summed E-state index contributed by atoms with van der Waals surface area (Å²) in [5.74, 6) is -1.06. The topological polar surface area (TPSA) is 96.3 Å². The summed E-state index contributed by atoms with van der Waals surface area (Å²) in [6.45, 7) is 6.90. The normalized spacial score (nSPS) is 11.2. The number of nitrogens with one attached hydrogen (secondary N) is 2. The van der Waals surface area contributed by atoms with Crippen molar-refractivity contribution in [1.29, 1.82) is 0 Å². The van der Waals surface area contributed by atoms with E-state index in [1.165, 1.54) is 12.5 Å². The van der Waals surface area contributed by atoms with Crippen molar-refractivity contribution < 1.29 is 14.7 Å². The van der Waals surface area contributed by atoms with Crippen molar-refractivity contribution in [2.45, 2.75) is 45.7 Å². The molecular weight excluding hydrogens is 260 g/mol. The lowest BCUT2D eigenvalue weighted by molar-refractivity contribution is 0.0691. The maximum atomic E-state index is 11.7. The quantitative estimate of drug-likeness (QED) is 0.705. The van der Waals surface area contributed by atoms with Crippen LogP contribution in [0.3, 0.4) is 0 Å². The first-order chi connectivity index (χ1) is 9.34. The maximum absolute atomic E-state index is 11.7. The number of carboxylic acid groups (broad SMARTS) is 1. The Bertz CT molecular complexity index is 468. The number of rotatable bonds is 7. The summed E-state index contributed by atoms with van der Waals surface area (Å²) in [4.78, 5) is 26.1. The van der Waals surface area contributed by atoms with Crippen LogP contribution in [-0.2, 0) is 6.54 Å².